The molecule has 0 aromatic carbocycles. The Hall–Kier alpha value is -0.170. The molecule has 0 spiro atoms. The molecule has 2 N–H and O–H groups in total. The van der Waals surface area contributed by atoms with Gasteiger partial charge in [0.1, 0.15) is 0 Å². The lowest BCUT2D eigenvalue weighted by molar-refractivity contribution is 0.0826. The minimum Gasteiger partial charge on any atom is -0.315 e. The highest BCUT2D eigenvalue weighted by Crippen LogP contribution is 2.28. The van der Waals surface area contributed by atoms with E-state index < -0.39 is 10.0 Å². The normalized spacial score (nSPS) is 32.4. The first kappa shape index (κ1) is 15.2. The second-order valence-corrected chi connectivity index (χ2v) is 8.05. The van der Waals surface area contributed by atoms with Crippen molar-refractivity contribution in [2.45, 2.75) is 44.4 Å². The zero-order valence-corrected chi connectivity index (χ0v) is 12.9. The smallest absolute Gasteiger partial charge is 0.215 e. The molecule has 3 heterocycles. The van der Waals surface area contributed by atoms with Crippen LogP contribution in [0.5, 0.6) is 0 Å². The fraction of sp³-hybridized carbons (Fsp3) is 1.00. The van der Waals surface area contributed by atoms with Crippen molar-refractivity contribution >= 4 is 10.0 Å². The predicted octanol–water partition coefficient (Wildman–Crippen LogP) is 0.388. The summed E-state index contributed by atoms with van der Waals surface area (Å²) in [5.41, 5.74) is 0. The number of hydrogen-bond acceptors (Lipinski definition) is 4. The second kappa shape index (κ2) is 6.52. The monoisotopic (exact) mass is 289 g/mol. The summed E-state index contributed by atoms with van der Waals surface area (Å²) in [5, 5.41) is 2.82. The SMILES string of the molecule is CCCNCC(C)S(=O)(=O)NC1CN2CCC1CC2. The van der Waals surface area contributed by atoms with Crippen LogP contribution in [-0.4, -0.2) is 57.3 Å². The molecule has 0 saturated carbocycles. The largest absolute Gasteiger partial charge is 0.315 e. The number of nitrogens with zero attached hydrogens (tertiary/aromatic N) is 1. The topological polar surface area (TPSA) is 61.4 Å². The van der Waals surface area contributed by atoms with Crippen LogP contribution in [0.2, 0.25) is 0 Å². The van der Waals surface area contributed by atoms with E-state index in [1.165, 1.54) is 0 Å². The summed E-state index contributed by atoms with van der Waals surface area (Å²) in [4.78, 5) is 2.37. The number of sulfonamides is 1. The molecule has 3 fully saturated rings. The minimum atomic E-state index is -3.20. The van der Waals surface area contributed by atoms with Crippen LogP contribution in [0.15, 0.2) is 0 Å². The van der Waals surface area contributed by atoms with E-state index >= 15 is 0 Å². The second-order valence-electron chi connectivity index (χ2n) is 5.92. The van der Waals surface area contributed by atoms with Gasteiger partial charge >= 0.3 is 0 Å². The summed E-state index contributed by atoms with van der Waals surface area (Å²) in [6, 6.07) is 0.126. The van der Waals surface area contributed by atoms with E-state index in [1.807, 2.05) is 0 Å². The van der Waals surface area contributed by atoms with Crippen molar-refractivity contribution < 1.29 is 8.42 Å². The Bertz CT molecular complexity index is 377. The Morgan fingerprint density at radius 2 is 2.00 bits per heavy atom. The zero-order chi connectivity index (χ0) is 13.9. The first-order valence-corrected chi connectivity index (χ1v) is 9.01. The number of fused-ring (bicyclic) bond motifs is 3. The third-order valence-corrected chi connectivity index (χ3v) is 6.22. The van der Waals surface area contributed by atoms with Crippen LogP contribution < -0.4 is 10.0 Å². The molecule has 2 atom stereocenters. The fourth-order valence-electron chi connectivity index (χ4n) is 3.02. The molecule has 112 valence electrons. The van der Waals surface area contributed by atoms with Crippen LogP contribution >= 0.6 is 0 Å². The highest BCUT2D eigenvalue weighted by molar-refractivity contribution is 7.90. The van der Waals surface area contributed by atoms with Gasteiger partial charge in [0.05, 0.1) is 5.25 Å². The lowest BCUT2D eigenvalue weighted by Crippen LogP contribution is -2.58. The molecule has 3 aliphatic rings. The summed E-state index contributed by atoms with van der Waals surface area (Å²) >= 11 is 0. The maximum atomic E-state index is 12.3. The van der Waals surface area contributed by atoms with Crippen molar-refractivity contribution in [1.82, 2.24) is 14.9 Å². The Morgan fingerprint density at radius 3 is 2.53 bits per heavy atom. The molecule has 19 heavy (non-hydrogen) atoms. The molecule has 2 unspecified atom stereocenters. The molecule has 3 saturated heterocycles. The molecule has 0 radical (unpaired) electrons. The summed E-state index contributed by atoms with van der Waals surface area (Å²) in [5.74, 6) is 0.538. The van der Waals surface area contributed by atoms with E-state index in [2.05, 4.69) is 21.9 Å². The summed E-state index contributed by atoms with van der Waals surface area (Å²) in [6.45, 7) is 8.43. The highest BCUT2D eigenvalue weighted by atomic mass is 32.2. The lowest BCUT2D eigenvalue weighted by atomic mass is 9.85. The van der Waals surface area contributed by atoms with Crippen LogP contribution in [0.1, 0.15) is 33.1 Å². The van der Waals surface area contributed by atoms with E-state index in [0.717, 1.165) is 45.4 Å². The standard InChI is InChI=1S/C13H27N3O2S/c1-3-6-14-9-11(2)19(17,18)15-13-10-16-7-4-12(13)5-8-16/h11-15H,3-10H2,1-2H3. The van der Waals surface area contributed by atoms with Gasteiger partial charge < -0.3 is 10.2 Å². The Balaban J connectivity index is 1.86. The third-order valence-electron chi connectivity index (χ3n) is 4.36. The first-order valence-electron chi connectivity index (χ1n) is 7.47. The molecule has 3 aliphatic heterocycles. The molecule has 3 rings (SSSR count). The van der Waals surface area contributed by atoms with Gasteiger partial charge in [-0.1, -0.05) is 6.92 Å². The zero-order valence-electron chi connectivity index (χ0n) is 12.1. The fourth-order valence-corrected chi connectivity index (χ4v) is 4.28. The van der Waals surface area contributed by atoms with Gasteiger partial charge in [0.2, 0.25) is 10.0 Å². The van der Waals surface area contributed by atoms with E-state index in [-0.39, 0.29) is 11.3 Å². The molecular formula is C13H27N3O2S. The van der Waals surface area contributed by atoms with E-state index in [1.54, 1.807) is 6.92 Å². The number of piperidine rings is 3. The van der Waals surface area contributed by atoms with Gasteiger partial charge in [-0.15, -0.1) is 0 Å². The summed E-state index contributed by atoms with van der Waals surface area (Å²) in [7, 11) is -3.20. The summed E-state index contributed by atoms with van der Waals surface area (Å²) in [6.07, 6.45) is 3.30. The van der Waals surface area contributed by atoms with Crippen molar-refractivity contribution in [3.63, 3.8) is 0 Å². The van der Waals surface area contributed by atoms with Crippen molar-refractivity contribution in [3.05, 3.63) is 0 Å². The predicted molar refractivity (Wildman–Crippen MR) is 77.6 cm³/mol. The minimum absolute atomic E-state index is 0.126. The van der Waals surface area contributed by atoms with Gasteiger partial charge in [0.25, 0.3) is 0 Å². The van der Waals surface area contributed by atoms with Gasteiger partial charge in [-0.25, -0.2) is 13.1 Å². The summed E-state index contributed by atoms with van der Waals surface area (Å²) < 4.78 is 27.5. The molecule has 0 aromatic rings. The van der Waals surface area contributed by atoms with Crippen LogP contribution in [0.4, 0.5) is 0 Å². The molecule has 0 aliphatic carbocycles. The maximum absolute atomic E-state index is 12.3. The van der Waals surface area contributed by atoms with Crippen molar-refractivity contribution in [1.29, 1.82) is 0 Å². The molecule has 5 nitrogen and oxygen atoms in total. The average molecular weight is 289 g/mol. The lowest BCUT2D eigenvalue weighted by Gasteiger charge is -2.45. The maximum Gasteiger partial charge on any atom is 0.215 e. The van der Waals surface area contributed by atoms with Gasteiger partial charge in [-0.3, -0.25) is 0 Å². The van der Waals surface area contributed by atoms with Gasteiger partial charge in [0, 0.05) is 19.1 Å². The molecule has 2 bridgehead atoms. The first-order chi connectivity index (χ1) is 9.03. The van der Waals surface area contributed by atoms with Crippen LogP contribution in [0.25, 0.3) is 0 Å². The van der Waals surface area contributed by atoms with Gasteiger partial charge in [-0.2, -0.15) is 0 Å². The van der Waals surface area contributed by atoms with Crippen LogP contribution in [-0.2, 0) is 10.0 Å². The van der Waals surface area contributed by atoms with Crippen LogP contribution in [0.3, 0.4) is 0 Å². The Morgan fingerprint density at radius 1 is 1.32 bits per heavy atom. The Labute approximate surface area is 117 Å². The van der Waals surface area contributed by atoms with Crippen molar-refractivity contribution in [2.24, 2.45) is 5.92 Å². The van der Waals surface area contributed by atoms with Crippen molar-refractivity contribution in [2.75, 3.05) is 32.7 Å². The van der Waals surface area contributed by atoms with E-state index in [9.17, 15) is 8.42 Å². The van der Waals surface area contributed by atoms with E-state index in [4.69, 9.17) is 0 Å². The number of rotatable bonds is 7. The highest BCUT2D eigenvalue weighted by Gasteiger charge is 2.37. The average Bonchev–Trinajstić information content (AvgIpc) is 2.39. The van der Waals surface area contributed by atoms with Crippen molar-refractivity contribution in [3.8, 4) is 0 Å². The molecular weight excluding hydrogens is 262 g/mol. The number of hydrogen-bond donors (Lipinski definition) is 2. The Kier molecular flexibility index (Phi) is 5.22. The number of nitrogens with one attached hydrogen (secondary N) is 2. The third kappa shape index (κ3) is 3.90. The molecule has 6 heteroatoms. The molecule has 0 aromatic heterocycles. The van der Waals surface area contributed by atoms with Crippen LogP contribution in [0, 0.1) is 5.92 Å². The van der Waals surface area contributed by atoms with E-state index in [0.29, 0.717) is 12.5 Å². The quantitative estimate of drug-likeness (QED) is 0.666. The van der Waals surface area contributed by atoms with Gasteiger partial charge in [0.15, 0.2) is 0 Å². The van der Waals surface area contributed by atoms with Gasteiger partial charge in [-0.05, 0) is 51.7 Å². The molecule has 0 amide bonds.